The molecular formula is C17H15N3. The zero-order chi connectivity index (χ0) is 13.8. The first-order valence-corrected chi connectivity index (χ1v) is 6.65. The van der Waals surface area contributed by atoms with Crippen LogP contribution in [0.4, 0.5) is 0 Å². The van der Waals surface area contributed by atoms with Crippen LogP contribution in [-0.4, -0.2) is 14.4 Å². The normalized spacial score (nSPS) is 10.2. The van der Waals surface area contributed by atoms with Crippen molar-refractivity contribution in [3.05, 3.63) is 65.9 Å². The molecule has 0 aliphatic heterocycles. The zero-order valence-electron chi connectivity index (χ0n) is 11.4. The van der Waals surface area contributed by atoms with Crippen molar-refractivity contribution in [2.24, 2.45) is 0 Å². The molecule has 0 bridgehead atoms. The maximum absolute atomic E-state index is 4.58. The summed E-state index contributed by atoms with van der Waals surface area (Å²) in [7, 11) is 0. The lowest BCUT2D eigenvalue weighted by Gasteiger charge is -1.93. The standard InChI is InChI=1S/C17H15N3/c1-14-9-10-17-19-16(13-20(17)12-14)8-3-2-6-15-7-4-5-11-18-15/h4-5,7,9-13H,3,8H2,1H3. The lowest BCUT2D eigenvalue weighted by Crippen LogP contribution is -1.83. The van der Waals surface area contributed by atoms with Gasteiger partial charge in [0.1, 0.15) is 11.3 Å². The average molecular weight is 261 g/mol. The topological polar surface area (TPSA) is 30.2 Å². The van der Waals surface area contributed by atoms with Gasteiger partial charge in [0.15, 0.2) is 0 Å². The SMILES string of the molecule is Cc1ccc2nc(CCC#Cc3ccccn3)cn2c1. The summed E-state index contributed by atoms with van der Waals surface area (Å²) in [5, 5.41) is 0. The van der Waals surface area contributed by atoms with Crippen LogP contribution in [0.15, 0.2) is 48.9 Å². The summed E-state index contributed by atoms with van der Waals surface area (Å²) in [5.41, 5.74) is 4.11. The smallest absolute Gasteiger partial charge is 0.136 e. The van der Waals surface area contributed by atoms with E-state index in [1.54, 1.807) is 6.20 Å². The lowest BCUT2D eigenvalue weighted by molar-refractivity contribution is 0.982. The molecule has 3 nitrogen and oxygen atoms in total. The van der Waals surface area contributed by atoms with Gasteiger partial charge in [-0.3, -0.25) is 0 Å². The van der Waals surface area contributed by atoms with Crippen molar-refractivity contribution in [3.63, 3.8) is 0 Å². The number of nitrogens with zero attached hydrogens (tertiary/aromatic N) is 3. The van der Waals surface area contributed by atoms with Gasteiger partial charge in [0.25, 0.3) is 0 Å². The van der Waals surface area contributed by atoms with Crippen LogP contribution in [0.3, 0.4) is 0 Å². The van der Waals surface area contributed by atoms with Crippen LogP contribution >= 0.6 is 0 Å². The van der Waals surface area contributed by atoms with E-state index >= 15 is 0 Å². The molecule has 3 rings (SSSR count). The summed E-state index contributed by atoms with van der Waals surface area (Å²) in [5.74, 6) is 6.21. The molecule has 0 saturated carbocycles. The van der Waals surface area contributed by atoms with Crippen molar-refractivity contribution in [1.82, 2.24) is 14.4 Å². The van der Waals surface area contributed by atoms with Gasteiger partial charge in [-0.05, 0) is 36.6 Å². The Bertz CT molecular complexity index is 776. The first-order chi connectivity index (χ1) is 9.81. The van der Waals surface area contributed by atoms with E-state index in [0.29, 0.717) is 0 Å². The lowest BCUT2D eigenvalue weighted by atomic mass is 10.2. The predicted molar refractivity (Wildman–Crippen MR) is 79.4 cm³/mol. The van der Waals surface area contributed by atoms with E-state index in [1.807, 2.05) is 24.3 Å². The number of pyridine rings is 2. The van der Waals surface area contributed by atoms with Gasteiger partial charge >= 0.3 is 0 Å². The molecule has 0 saturated heterocycles. The van der Waals surface area contributed by atoms with Crippen LogP contribution in [0.2, 0.25) is 0 Å². The first-order valence-electron chi connectivity index (χ1n) is 6.65. The van der Waals surface area contributed by atoms with Crippen LogP contribution in [0, 0.1) is 18.8 Å². The number of hydrogen-bond acceptors (Lipinski definition) is 2. The summed E-state index contributed by atoms with van der Waals surface area (Å²) < 4.78 is 2.07. The summed E-state index contributed by atoms with van der Waals surface area (Å²) in [6.45, 7) is 2.08. The second kappa shape index (κ2) is 5.58. The monoisotopic (exact) mass is 261 g/mol. The minimum atomic E-state index is 0.791. The zero-order valence-corrected chi connectivity index (χ0v) is 11.4. The molecule has 0 N–H and O–H groups in total. The van der Waals surface area contributed by atoms with Gasteiger partial charge in [0.05, 0.1) is 5.69 Å². The van der Waals surface area contributed by atoms with E-state index in [0.717, 1.165) is 29.9 Å². The average Bonchev–Trinajstić information content (AvgIpc) is 2.86. The molecule has 20 heavy (non-hydrogen) atoms. The molecule has 98 valence electrons. The third-order valence-electron chi connectivity index (χ3n) is 3.04. The van der Waals surface area contributed by atoms with Crippen LogP contribution in [0.1, 0.15) is 23.4 Å². The number of aryl methyl sites for hydroxylation is 2. The highest BCUT2D eigenvalue weighted by molar-refractivity contribution is 5.41. The third kappa shape index (κ3) is 2.86. The summed E-state index contributed by atoms with van der Waals surface area (Å²) >= 11 is 0. The van der Waals surface area contributed by atoms with Gasteiger partial charge in [-0.2, -0.15) is 0 Å². The van der Waals surface area contributed by atoms with Crippen molar-refractivity contribution in [2.75, 3.05) is 0 Å². The van der Waals surface area contributed by atoms with Crippen molar-refractivity contribution in [1.29, 1.82) is 0 Å². The maximum atomic E-state index is 4.58. The van der Waals surface area contributed by atoms with Gasteiger partial charge in [-0.1, -0.05) is 18.1 Å². The fourth-order valence-corrected chi connectivity index (χ4v) is 2.06. The molecule has 3 aromatic heterocycles. The Hall–Kier alpha value is -2.60. The highest BCUT2D eigenvalue weighted by Gasteiger charge is 2.00. The third-order valence-corrected chi connectivity index (χ3v) is 3.04. The Morgan fingerprint density at radius 3 is 2.95 bits per heavy atom. The minimum absolute atomic E-state index is 0.791. The van der Waals surface area contributed by atoms with Crippen LogP contribution in [0.5, 0.6) is 0 Å². The Kier molecular flexibility index (Phi) is 3.47. The van der Waals surface area contributed by atoms with Gasteiger partial charge in [0, 0.05) is 31.4 Å². The van der Waals surface area contributed by atoms with E-state index in [1.165, 1.54) is 5.56 Å². The number of fused-ring (bicyclic) bond motifs is 1. The van der Waals surface area contributed by atoms with Crippen LogP contribution < -0.4 is 0 Å². The van der Waals surface area contributed by atoms with Crippen LogP contribution in [0.25, 0.3) is 5.65 Å². The Balaban J connectivity index is 1.67. The first kappa shape index (κ1) is 12.4. The second-order valence-corrected chi connectivity index (χ2v) is 4.72. The molecule has 0 aliphatic rings. The highest BCUT2D eigenvalue weighted by Crippen LogP contribution is 2.08. The number of rotatable bonds is 2. The minimum Gasteiger partial charge on any atom is -0.307 e. The van der Waals surface area contributed by atoms with Gasteiger partial charge in [0.2, 0.25) is 0 Å². The molecule has 0 fully saturated rings. The molecule has 0 amide bonds. The van der Waals surface area contributed by atoms with E-state index < -0.39 is 0 Å². The Morgan fingerprint density at radius 2 is 2.10 bits per heavy atom. The van der Waals surface area contributed by atoms with Crippen molar-refractivity contribution in [3.8, 4) is 11.8 Å². The maximum Gasteiger partial charge on any atom is 0.136 e. The largest absolute Gasteiger partial charge is 0.307 e. The van der Waals surface area contributed by atoms with Crippen molar-refractivity contribution < 1.29 is 0 Å². The van der Waals surface area contributed by atoms with Gasteiger partial charge in [-0.25, -0.2) is 9.97 Å². The summed E-state index contributed by atoms with van der Waals surface area (Å²) in [6.07, 6.45) is 7.57. The molecule has 3 heteroatoms. The molecule has 0 aliphatic carbocycles. The summed E-state index contributed by atoms with van der Waals surface area (Å²) in [6, 6.07) is 9.87. The summed E-state index contributed by atoms with van der Waals surface area (Å²) in [4.78, 5) is 8.75. The highest BCUT2D eigenvalue weighted by atomic mass is 15.0. The molecule has 0 unspecified atom stereocenters. The second-order valence-electron chi connectivity index (χ2n) is 4.72. The van der Waals surface area contributed by atoms with E-state index in [4.69, 9.17) is 0 Å². The Labute approximate surface area is 118 Å². The molecule has 0 atom stereocenters. The van der Waals surface area contributed by atoms with E-state index in [9.17, 15) is 0 Å². The fraction of sp³-hybridized carbons (Fsp3) is 0.176. The van der Waals surface area contributed by atoms with E-state index in [2.05, 4.69) is 51.6 Å². The fourth-order valence-electron chi connectivity index (χ4n) is 2.06. The molecular weight excluding hydrogens is 246 g/mol. The molecule has 0 spiro atoms. The quantitative estimate of drug-likeness (QED) is 0.664. The molecule has 3 aromatic rings. The number of aromatic nitrogens is 3. The van der Waals surface area contributed by atoms with Crippen molar-refractivity contribution in [2.45, 2.75) is 19.8 Å². The van der Waals surface area contributed by atoms with Crippen LogP contribution in [-0.2, 0) is 6.42 Å². The Morgan fingerprint density at radius 1 is 1.15 bits per heavy atom. The number of imidazole rings is 1. The molecule has 3 heterocycles. The predicted octanol–water partition coefficient (Wildman–Crippen LogP) is 3.02. The number of hydrogen-bond donors (Lipinski definition) is 0. The van der Waals surface area contributed by atoms with Gasteiger partial charge in [-0.15, -0.1) is 0 Å². The molecule has 0 aromatic carbocycles. The molecule has 0 radical (unpaired) electrons. The van der Waals surface area contributed by atoms with Crippen molar-refractivity contribution >= 4 is 5.65 Å². The van der Waals surface area contributed by atoms with E-state index in [-0.39, 0.29) is 0 Å². The van der Waals surface area contributed by atoms with Gasteiger partial charge < -0.3 is 4.40 Å².